The lowest BCUT2D eigenvalue weighted by Gasteiger charge is -2.12. The number of carbonyl (C=O) groups excluding carboxylic acids is 1. The van der Waals surface area contributed by atoms with E-state index in [1.54, 1.807) is 6.07 Å². The lowest BCUT2D eigenvalue weighted by atomic mass is 10.1. The Morgan fingerprint density at radius 1 is 0.852 bits per heavy atom. The van der Waals surface area contributed by atoms with Crippen LogP contribution in [-0.4, -0.2) is 12.5 Å². The summed E-state index contributed by atoms with van der Waals surface area (Å²) < 4.78 is 11.5. The first-order chi connectivity index (χ1) is 13.1. The quantitative estimate of drug-likeness (QED) is 0.651. The van der Waals surface area contributed by atoms with Crippen LogP contribution in [0, 0.1) is 13.8 Å². The van der Waals surface area contributed by atoms with Crippen molar-refractivity contribution in [3.8, 4) is 11.5 Å². The van der Waals surface area contributed by atoms with Gasteiger partial charge in [-0.15, -0.1) is 0 Å². The molecule has 0 unspecified atom stereocenters. The number of ether oxygens (including phenoxy) is 2. The highest BCUT2D eigenvalue weighted by Gasteiger charge is 2.08. The van der Waals surface area contributed by atoms with E-state index in [9.17, 15) is 4.79 Å². The Morgan fingerprint density at radius 3 is 2.30 bits per heavy atom. The van der Waals surface area contributed by atoms with Gasteiger partial charge in [0.15, 0.2) is 6.61 Å². The number of benzene rings is 3. The zero-order chi connectivity index (χ0) is 19.1. The summed E-state index contributed by atoms with van der Waals surface area (Å²) in [4.78, 5) is 12.2. The van der Waals surface area contributed by atoms with Crippen LogP contribution in [0.25, 0.3) is 0 Å². The van der Waals surface area contributed by atoms with Crippen LogP contribution in [0.3, 0.4) is 0 Å². The first kappa shape index (κ1) is 18.5. The fourth-order valence-corrected chi connectivity index (χ4v) is 2.77. The smallest absolute Gasteiger partial charge is 0.262 e. The predicted octanol–water partition coefficient (Wildman–Crippen LogP) is 4.90. The van der Waals surface area contributed by atoms with E-state index >= 15 is 0 Å². The summed E-state index contributed by atoms with van der Waals surface area (Å²) in [5, 5.41) is 2.85. The summed E-state index contributed by atoms with van der Waals surface area (Å²) in [6, 6.07) is 23.2. The molecule has 3 aromatic rings. The van der Waals surface area contributed by atoms with E-state index < -0.39 is 0 Å². The van der Waals surface area contributed by atoms with Crippen LogP contribution in [-0.2, 0) is 11.4 Å². The molecule has 4 heteroatoms. The van der Waals surface area contributed by atoms with E-state index in [1.165, 1.54) is 0 Å². The molecule has 0 heterocycles. The van der Waals surface area contributed by atoms with Gasteiger partial charge in [0.2, 0.25) is 0 Å². The maximum atomic E-state index is 12.2. The number of amides is 1. The van der Waals surface area contributed by atoms with Crippen molar-refractivity contribution in [3.05, 3.63) is 89.5 Å². The van der Waals surface area contributed by atoms with Gasteiger partial charge in [0.25, 0.3) is 5.91 Å². The van der Waals surface area contributed by atoms with E-state index in [0.717, 1.165) is 22.4 Å². The van der Waals surface area contributed by atoms with Gasteiger partial charge in [0, 0.05) is 11.8 Å². The molecule has 3 rings (SSSR count). The molecule has 3 aromatic carbocycles. The standard InChI is InChI=1S/C23H23NO3/c1-17-8-6-9-18(2)23(17)27-16-22(25)24-20-12-7-13-21(14-20)26-15-19-10-4-3-5-11-19/h3-14H,15-16H2,1-2H3,(H,24,25). The van der Waals surface area contributed by atoms with Crippen LogP contribution >= 0.6 is 0 Å². The molecule has 138 valence electrons. The van der Waals surface area contributed by atoms with E-state index in [2.05, 4.69) is 5.32 Å². The Labute approximate surface area is 159 Å². The van der Waals surface area contributed by atoms with Gasteiger partial charge in [0.05, 0.1) is 0 Å². The third-order valence-electron chi connectivity index (χ3n) is 4.12. The molecule has 0 saturated heterocycles. The van der Waals surface area contributed by atoms with Crippen molar-refractivity contribution in [1.82, 2.24) is 0 Å². The molecule has 0 aliphatic heterocycles. The van der Waals surface area contributed by atoms with Crippen molar-refractivity contribution in [1.29, 1.82) is 0 Å². The molecule has 0 bridgehead atoms. The molecule has 4 nitrogen and oxygen atoms in total. The number of hydrogen-bond acceptors (Lipinski definition) is 3. The molecule has 0 aliphatic rings. The van der Waals surface area contributed by atoms with E-state index in [0.29, 0.717) is 18.0 Å². The Hall–Kier alpha value is -3.27. The van der Waals surface area contributed by atoms with Gasteiger partial charge in [-0.3, -0.25) is 4.79 Å². The van der Waals surface area contributed by atoms with Crippen molar-refractivity contribution < 1.29 is 14.3 Å². The fourth-order valence-electron chi connectivity index (χ4n) is 2.77. The molecular weight excluding hydrogens is 338 g/mol. The summed E-state index contributed by atoms with van der Waals surface area (Å²) in [6.07, 6.45) is 0. The zero-order valence-electron chi connectivity index (χ0n) is 15.6. The topological polar surface area (TPSA) is 47.6 Å². The largest absolute Gasteiger partial charge is 0.489 e. The molecule has 0 aromatic heterocycles. The fraction of sp³-hybridized carbons (Fsp3) is 0.174. The van der Waals surface area contributed by atoms with Crippen LogP contribution in [0.4, 0.5) is 5.69 Å². The Bertz CT molecular complexity index is 886. The first-order valence-corrected chi connectivity index (χ1v) is 8.87. The van der Waals surface area contributed by atoms with Crippen LogP contribution in [0.2, 0.25) is 0 Å². The van der Waals surface area contributed by atoms with Gasteiger partial charge in [-0.25, -0.2) is 0 Å². The summed E-state index contributed by atoms with van der Waals surface area (Å²) in [7, 11) is 0. The average molecular weight is 361 g/mol. The lowest BCUT2D eigenvalue weighted by Crippen LogP contribution is -2.20. The molecular formula is C23H23NO3. The van der Waals surface area contributed by atoms with Crippen LogP contribution in [0.15, 0.2) is 72.8 Å². The third kappa shape index (κ3) is 5.35. The molecule has 0 saturated carbocycles. The molecule has 27 heavy (non-hydrogen) atoms. The van der Waals surface area contributed by atoms with Gasteiger partial charge in [-0.2, -0.15) is 0 Å². The molecule has 0 aliphatic carbocycles. The van der Waals surface area contributed by atoms with E-state index in [-0.39, 0.29) is 12.5 Å². The number of para-hydroxylation sites is 1. The number of nitrogens with one attached hydrogen (secondary N) is 1. The maximum Gasteiger partial charge on any atom is 0.262 e. The van der Waals surface area contributed by atoms with E-state index in [4.69, 9.17) is 9.47 Å². The van der Waals surface area contributed by atoms with Gasteiger partial charge in [-0.1, -0.05) is 54.6 Å². The maximum absolute atomic E-state index is 12.2. The Balaban J connectivity index is 1.55. The second-order valence-electron chi connectivity index (χ2n) is 6.36. The monoisotopic (exact) mass is 361 g/mol. The Morgan fingerprint density at radius 2 is 1.56 bits per heavy atom. The summed E-state index contributed by atoms with van der Waals surface area (Å²) in [6.45, 7) is 4.37. The Kier molecular flexibility index (Phi) is 6.10. The molecule has 1 N–H and O–H groups in total. The highest BCUT2D eigenvalue weighted by molar-refractivity contribution is 5.92. The minimum absolute atomic E-state index is 0.0409. The molecule has 0 atom stereocenters. The summed E-state index contributed by atoms with van der Waals surface area (Å²) in [5.41, 5.74) is 3.79. The van der Waals surface area contributed by atoms with E-state index in [1.807, 2.05) is 80.6 Å². The highest BCUT2D eigenvalue weighted by Crippen LogP contribution is 2.22. The van der Waals surface area contributed by atoms with Gasteiger partial charge >= 0.3 is 0 Å². The van der Waals surface area contributed by atoms with Crippen LogP contribution in [0.1, 0.15) is 16.7 Å². The summed E-state index contributed by atoms with van der Waals surface area (Å²) in [5.74, 6) is 1.25. The third-order valence-corrected chi connectivity index (χ3v) is 4.12. The van der Waals surface area contributed by atoms with Crippen molar-refractivity contribution in [2.45, 2.75) is 20.5 Å². The lowest BCUT2D eigenvalue weighted by molar-refractivity contribution is -0.118. The molecule has 0 radical (unpaired) electrons. The van der Waals surface area contributed by atoms with Gasteiger partial charge in [-0.05, 0) is 42.7 Å². The average Bonchev–Trinajstić information content (AvgIpc) is 2.67. The van der Waals surface area contributed by atoms with Crippen LogP contribution < -0.4 is 14.8 Å². The van der Waals surface area contributed by atoms with Gasteiger partial charge < -0.3 is 14.8 Å². The molecule has 1 amide bonds. The van der Waals surface area contributed by atoms with Crippen molar-refractivity contribution >= 4 is 11.6 Å². The normalized spacial score (nSPS) is 10.3. The van der Waals surface area contributed by atoms with Crippen molar-refractivity contribution in [2.75, 3.05) is 11.9 Å². The number of hydrogen-bond donors (Lipinski definition) is 1. The molecule has 0 spiro atoms. The number of anilines is 1. The number of aryl methyl sites for hydroxylation is 2. The minimum Gasteiger partial charge on any atom is -0.489 e. The second-order valence-corrected chi connectivity index (χ2v) is 6.36. The second kappa shape index (κ2) is 8.90. The number of rotatable bonds is 7. The van der Waals surface area contributed by atoms with Gasteiger partial charge in [0.1, 0.15) is 18.1 Å². The highest BCUT2D eigenvalue weighted by atomic mass is 16.5. The van der Waals surface area contributed by atoms with Crippen molar-refractivity contribution in [3.63, 3.8) is 0 Å². The SMILES string of the molecule is Cc1cccc(C)c1OCC(=O)Nc1cccc(OCc2ccccc2)c1. The zero-order valence-corrected chi connectivity index (χ0v) is 15.6. The predicted molar refractivity (Wildman–Crippen MR) is 107 cm³/mol. The first-order valence-electron chi connectivity index (χ1n) is 8.87. The molecule has 0 fully saturated rings. The van der Waals surface area contributed by atoms with Crippen molar-refractivity contribution in [2.24, 2.45) is 0 Å². The minimum atomic E-state index is -0.210. The summed E-state index contributed by atoms with van der Waals surface area (Å²) >= 11 is 0. The number of carbonyl (C=O) groups is 1. The van der Waals surface area contributed by atoms with Crippen LogP contribution in [0.5, 0.6) is 11.5 Å².